The molecule has 14 nitrogen and oxygen atoms in total. The normalized spacial score (nSPS) is 19.3. The van der Waals surface area contributed by atoms with Gasteiger partial charge in [0.1, 0.15) is 23.8 Å². The van der Waals surface area contributed by atoms with Crippen molar-refractivity contribution < 1.29 is 27.1 Å². The number of ether oxygens (including phenoxy) is 1. The largest absolute Gasteiger partial charge is 0.408 e. The summed E-state index contributed by atoms with van der Waals surface area (Å²) in [5, 5.41) is 21.1. The van der Waals surface area contributed by atoms with Crippen molar-refractivity contribution in [2.24, 2.45) is 0 Å². The maximum Gasteiger partial charge on any atom is 0.408 e. The smallest absolute Gasteiger partial charge is 0.368 e. The van der Waals surface area contributed by atoms with E-state index >= 15 is 0 Å². The zero-order chi connectivity index (χ0) is 32.6. The Labute approximate surface area is 259 Å². The SMILES string of the molecule is CO[C@]1(C(=O)N[C@@H](C)c2cnc(-n3cc(F)cn3)cn2)CC[C@H](c2nc(Nc3cc(C)[nH]n3)c3cnn(CC(F)(F)F)c3n2)CC1. The van der Waals surface area contributed by atoms with Crippen molar-refractivity contribution in [3.05, 3.63) is 60.1 Å². The van der Waals surface area contributed by atoms with E-state index < -0.39 is 30.2 Å². The number of aryl methyl sites for hydroxylation is 1. The fraction of sp³-hybridized carbons (Fsp3) is 0.429. The molecule has 18 heteroatoms. The van der Waals surface area contributed by atoms with Crippen LogP contribution in [-0.4, -0.2) is 74.5 Å². The fourth-order valence-electron chi connectivity index (χ4n) is 5.51. The van der Waals surface area contributed by atoms with Crippen molar-refractivity contribution in [1.29, 1.82) is 0 Å². The van der Waals surface area contributed by atoms with Gasteiger partial charge in [-0.3, -0.25) is 14.9 Å². The number of methoxy groups -OCH3 is 1. The van der Waals surface area contributed by atoms with Gasteiger partial charge >= 0.3 is 6.18 Å². The number of H-pyrrole nitrogens is 1. The molecule has 0 saturated heterocycles. The van der Waals surface area contributed by atoms with Gasteiger partial charge < -0.3 is 15.4 Å². The van der Waals surface area contributed by atoms with E-state index in [-0.39, 0.29) is 23.3 Å². The summed E-state index contributed by atoms with van der Waals surface area (Å²) in [4.78, 5) is 31.3. The van der Waals surface area contributed by atoms with Gasteiger partial charge in [-0.15, -0.1) is 0 Å². The number of amides is 1. The predicted octanol–water partition coefficient (Wildman–Crippen LogP) is 4.20. The number of anilines is 2. The summed E-state index contributed by atoms with van der Waals surface area (Å²) in [5.41, 5.74) is 0.151. The van der Waals surface area contributed by atoms with Crippen LogP contribution in [0.4, 0.5) is 29.2 Å². The van der Waals surface area contributed by atoms with Gasteiger partial charge in [-0.2, -0.15) is 28.5 Å². The third-order valence-electron chi connectivity index (χ3n) is 7.99. The molecule has 1 amide bonds. The van der Waals surface area contributed by atoms with Crippen LogP contribution in [0.2, 0.25) is 0 Å². The highest BCUT2D eigenvalue weighted by atomic mass is 19.4. The Morgan fingerprint density at radius 2 is 1.93 bits per heavy atom. The van der Waals surface area contributed by atoms with Crippen molar-refractivity contribution in [2.45, 2.75) is 69.8 Å². The molecule has 1 aliphatic carbocycles. The molecular weight excluding hydrogens is 612 g/mol. The molecule has 1 saturated carbocycles. The number of rotatable bonds is 9. The number of carbonyl (C=O) groups excluding carboxylic acids is 1. The molecule has 242 valence electrons. The summed E-state index contributed by atoms with van der Waals surface area (Å²) in [6, 6.07) is 1.22. The summed E-state index contributed by atoms with van der Waals surface area (Å²) in [5.74, 6) is 0.257. The van der Waals surface area contributed by atoms with E-state index in [0.29, 0.717) is 54.2 Å². The molecular formula is C28H30F4N12O2. The van der Waals surface area contributed by atoms with E-state index in [0.717, 1.165) is 16.6 Å². The van der Waals surface area contributed by atoms with Crippen LogP contribution < -0.4 is 10.6 Å². The lowest BCUT2D eigenvalue weighted by molar-refractivity contribution is -0.148. The lowest BCUT2D eigenvalue weighted by atomic mass is 9.77. The molecule has 6 rings (SSSR count). The molecule has 1 atom stereocenters. The molecule has 46 heavy (non-hydrogen) atoms. The molecule has 3 N–H and O–H groups in total. The summed E-state index contributed by atoms with van der Waals surface area (Å²) in [7, 11) is 1.47. The van der Waals surface area contributed by atoms with E-state index in [1.807, 2.05) is 6.92 Å². The maximum atomic E-state index is 13.5. The van der Waals surface area contributed by atoms with Crippen LogP contribution in [-0.2, 0) is 16.1 Å². The lowest BCUT2D eigenvalue weighted by Crippen LogP contribution is -2.51. The van der Waals surface area contributed by atoms with Crippen LogP contribution in [0, 0.1) is 12.7 Å². The molecule has 0 aliphatic heterocycles. The lowest BCUT2D eigenvalue weighted by Gasteiger charge is -2.38. The van der Waals surface area contributed by atoms with E-state index in [1.165, 1.54) is 36.6 Å². The van der Waals surface area contributed by atoms with Gasteiger partial charge in [0, 0.05) is 24.8 Å². The first-order valence-corrected chi connectivity index (χ1v) is 14.4. The number of fused-ring (bicyclic) bond motifs is 1. The second-order valence-electron chi connectivity index (χ2n) is 11.2. The highest BCUT2D eigenvalue weighted by Gasteiger charge is 2.44. The molecule has 0 unspecified atom stereocenters. The molecule has 5 aromatic rings. The summed E-state index contributed by atoms with van der Waals surface area (Å²) >= 11 is 0. The van der Waals surface area contributed by atoms with Crippen molar-refractivity contribution in [3.63, 3.8) is 0 Å². The van der Waals surface area contributed by atoms with Crippen LogP contribution in [0.25, 0.3) is 16.9 Å². The van der Waals surface area contributed by atoms with Crippen molar-refractivity contribution >= 4 is 28.6 Å². The minimum atomic E-state index is -4.50. The van der Waals surface area contributed by atoms with Crippen molar-refractivity contribution in [2.75, 3.05) is 12.4 Å². The van der Waals surface area contributed by atoms with Crippen LogP contribution in [0.3, 0.4) is 0 Å². The Morgan fingerprint density at radius 3 is 2.54 bits per heavy atom. The Hall–Kier alpha value is -5.00. The number of alkyl halides is 3. The molecule has 0 spiro atoms. The number of nitrogens with one attached hydrogen (secondary N) is 3. The second-order valence-corrected chi connectivity index (χ2v) is 11.2. The first kappa shape index (κ1) is 31.0. The van der Waals surface area contributed by atoms with Gasteiger partial charge in [-0.25, -0.2) is 28.7 Å². The van der Waals surface area contributed by atoms with Crippen LogP contribution >= 0.6 is 0 Å². The minimum absolute atomic E-state index is 0.0389. The van der Waals surface area contributed by atoms with E-state index in [2.05, 4.69) is 51.0 Å². The maximum absolute atomic E-state index is 13.5. The Kier molecular flexibility index (Phi) is 8.13. The quantitative estimate of drug-likeness (QED) is 0.198. The second kappa shape index (κ2) is 12.1. The first-order chi connectivity index (χ1) is 21.9. The van der Waals surface area contributed by atoms with Gasteiger partial charge in [0.25, 0.3) is 5.91 Å². The average Bonchev–Trinajstić information content (AvgIpc) is 3.76. The fourth-order valence-corrected chi connectivity index (χ4v) is 5.51. The van der Waals surface area contributed by atoms with E-state index in [4.69, 9.17) is 4.74 Å². The predicted molar refractivity (Wildman–Crippen MR) is 155 cm³/mol. The summed E-state index contributed by atoms with van der Waals surface area (Å²) < 4.78 is 61.1. The minimum Gasteiger partial charge on any atom is -0.368 e. The number of aromatic nitrogens is 10. The van der Waals surface area contributed by atoms with Crippen molar-refractivity contribution in [3.8, 4) is 5.82 Å². The molecule has 0 bridgehead atoms. The summed E-state index contributed by atoms with van der Waals surface area (Å²) in [6.07, 6.45) is 3.42. The molecule has 0 radical (unpaired) electrons. The molecule has 1 aliphatic rings. The Bertz CT molecular complexity index is 1840. The Balaban J connectivity index is 1.18. The monoisotopic (exact) mass is 642 g/mol. The molecule has 5 aromatic heterocycles. The highest BCUT2D eigenvalue weighted by molar-refractivity contribution is 5.88. The number of aromatic amines is 1. The van der Waals surface area contributed by atoms with Gasteiger partial charge in [0.2, 0.25) is 0 Å². The average molecular weight is 643 g/mol. The van der Waals surface area contributed by atoms with Crippen LogP contribution in [0.1, 0.15) is 61.8 Å². The van der Waals surface area contributed by atoms with Gasteiger partial charge in [0.15, 0.2) is 23.1 Å². The van der Waals surface area contributed by atoms with Crippen LogP contribution in [0.5, 0.6) is 0 Å². The highest BCUT2D eigenvalue weighted by Crippen LogP contribution is 2.40. The molecule has 5 heterocycles. The van der Waals surface area contributed by atoms with Gasteiger partial charge in [-0.1, -0.05) is 0 Å². The number of hydrogen-bond donors (Lipinski definition) is 3. The van der Waals surface area contributed by atoms with Crippen LogP contribution in [0.15, 0.2) is 37.1 Å². The Morgan fingerprint density at radius 1 is 1.15 bits per heavy atom. The topological polar surface area (TPSA) is 166 Å². The number of halogens is 4. The molecule has 1 fully saturated rings. The summed E-state index contributed by atoms with van der Waals surface area (Å²) in [6.45, 7) is 2.27. The number of carbonyl (C=O) groups is 1. The zero-order valence-electron chi connectivity index (χ0n) is 25.0. The zero-order valence-corrected chi connectivity index (χ0v) is 25.0. The first-order valence-electron chi connectivity index (χ1n) is 14.4. The number of hydrogen-bond acceptors (Lipinski definition) is 10. The van der Waals surface area contributed by atoms with Gasteiger partial charge in [0.05, 0.1) is 48.1 Å². The van der Waals surface area contributed by atoms with Crippen molar-refractivity contribution in [1.82, 2.24) is 55.0 Å². The standard InChI is InChI=1S/C28H30F4N12O2/c1-15-8-21(42-41-15)38-24-19-10-36-44(14-28(30,31)32)25(19)40-23(39-24)17-4-6-27(46-3,7-5-17)26(45)37-16(2)20-11-34-22(12-33-20)43-13-18(29)9-35-43/h8-13,16-17H,4-7,14H2,1-3H3,(H,37,45)(H2,38,39,40,41,42)/t16-,17-,27+/m0/s1. The van der Waals surface area contributed by atoms with E-state index in [1.54, 1.807) is 13.0 Å². The van der Waals surface area contributed by atoms with Gasteiger partial charge in [-0.05, 0) is 39.5 Å². The third-order valence-corrected chi connectivity index (χ3v) is 7.99. The van der Waals surface area contributed by atoms with E-state index in [9.17, 15) is 22.4 Å². The third kappa shape index (κ3) is 6.37. The number of nitrogens with zero attached hydrogens (tertiary/aromatic N) is 9. The molecule has 0 aromatic carbocycles.